The average molecular weight is 350 g/mol. The van der Waals surface area contributed by atoms with Crippen LogP contribution < -0.4 is 0 Å². The second-order valence-electron chi connectivity index (χ2n) is 8.24. The van der Waals surface area contributed by atoms with E-state index in [0.717, 1.165) is 13.1 Å². The summed E-state index contributed by atoms with van der Waals surface area (Å²) in [5.41, 5.74) is 1.33. The number of hydrogen-bond acceptors (Lipinski definition) is 3. The van der Waals surface area contributed by atoms with Crippen LogP contribution in [0.4, 0.5) is 0 Å². The average Bonchev–Trinajstić information content (AvgIpc) is 2.87. The molecule has 5 heteroatoms. The number of likely N-dealkylation sites (tertiary alicyclic amines) is 1. The number of rotatable bonds is 6. The second kappa shape index (κ2) is 7.81. The number of nitrogens with zero attached hydrogens (tertiary/aromatic N) is 1. The second-order valence-corrected chi connectivity index (χ2v) is 10.6. The molecule has 1 aromatic rings. The molecule has 1 aliphatic heterocycles. The lowest BCUT2D eigenvalue weighted by Crippen LogP contribution is -2.42. The van der Waals surface area contributed by atoms with Crippen molar-refractivity contribution in [2.24, 2.45) is 11.3 Å². The van der Waals surface area contributed by atoms with Crippen LogP contribution in [0.25, 0.3) is 0 Å². The van der Waals surface area contributed by atoms with Crippen molar-refractivity contribution in [2.45, 2.75) is 45.9 Å². The van der Waals surface area contributed by atoms with Crippen LogP contribution in [-0.4, -0.2) is 50.8 Å². The SMILES string of the molecule is C[SiH](C)OC([C@H]1CN(CC(=O)O)C[C@@H]1c1ccccc1)C(C)(C)C. The van der Waals surface area contributed by atoms with Crippen molar-refractivity contribution in [2.75, 3.05) is 19.6 Å². The van der Waals surface area contributed by atoms with E-state index in [4.69, 9.17) is 4.43 Å². The normalized spacial score (nSPS) is 23.6. The Kier molecular flexibility index (Phi) is 6.23. The molecule has 0 aliphatic carbocycles. The van der Waals surface area contributed by atoms with E-state index in [1.165, 1.54) is 5.56 Å². The van der Waals surface area contributed by atoms with Crippen molar-refractivity contribution in [3.63, 3.8) is 0 Å². The summed E-state index contributed by atoms with van der Waals surface area (Å²) in [6.07, 6.45) is 0.146. The largest absolute Gasteiger partial charge is 0.480 e. The molecule has 0 bridgehead atoms. The first-order valence-corrected chi connectivity index (χ1v) is 11.6. The molecule has 1 aromatic carbocycles. The standard InChI is InChI=1S/C19H31NO3Si/c1-19(2,3)18(23-24(4)5)16-12-20(13-17(21)22)11-15(16)14-9-7-6-8-10-14/h6-10,15-16,18,24H,11-13H2,1-5H3,(H,21,22)/t15-,16+,18?/m1/s1. The van der Waals surface area contributed by atoms with Gasteiger partial charge in [0.15, 0.2) is 9.04 Å². The van der Waals surface area contributed by atoms with Gasteiger partial charge >= 0.3 is 5.97 Å². The first-order valence-electron chi connectivity index (χ1n) is 8.83. The van der Waals surface area contributed by atoms with Gasteiger partial charge in [-0.25, -0.2) is 0 Å². The van der Waals surface area contributed by atoms with Crippen LogP contribution in [0.3, 0.4) is 0 Å². The van der Waals surface area contributed by atoms with E-state index in [1.54, 1.807) is 0 Å². The molecule has 24 heavy (non-hydrogen) atoms. The molecule has 0 amide bonds. The highest BCUT2D eigenvalue weighted by Crippen LogP contribution is 2.41. The maximum atomic E-state index is 11.2. The predicted molar refractivity (Wildman–Crippen MR) is 100.0 cm³/mol. The van der Waals surface area contributed by atoms with Crippen LogP contribution in [0.2, 0.25) is 13.1 Å². The molecule has 1 unspecified atom stereocenters. The van der Waals surface area contributed by atoms with E-state index < -0.39 is 15.0 Å². The molecular weight excluding hydrogens is 318 g/mol. The minimum atomic E-state index is -1.19. The lowest BCUT2D eigenvalue weighted by atomic mass is 9.75. The number of hydrogen-bond donors (Lipinski definition) is 1. The molecule has 0 saturated carbocycles. The van der Waals surface area contributed by atoms with Crippen LogP contribution >= 0.6 is 0 Å². The number of carbonyl (C=O) groups is 1. The molecule has 1 N–H and O–H groups in total. The fraction of sp³-hybridized carbons (Fsp3) is 0.632. The predicted octanol–water partition coefficient (Wildman–Crippen LogP) is 3.20. The summed E-state index contributed by atoms with van der Waals surface area (Å²) in [6.45, 7) is 12.8. The van der Waals surface area contributed by atoms with Gasteiger partial charge in [-0.05, 0) is 24.1 Å². The summed E-state index contributed by atoms with van der Waals surface area (Å²) < 4.78 is 6.47. The molecule has 1 saturated heterocycles. The van der Waals surface area contributed by atoms with E-state index >= 15 is 0 Å². The van der Waals surface area contributed by atoms with Gasteiger partial charge in [-0.1, -0.05) is 51.1 Å². The summed E-state index contributed by atoms with van der Waals surface area (Å²) in [5, 5.41) is 9.19. The van der Waals surface area contributed by atoms with Crippen molar-refractivity contribution < 1.29 is 14.3 Å². The number of carboxylic acids is 1. The molecule has 1 aliphatic rings. The molecule has 4 nitrogen and oxygen atoms in total. The third-order valence-corrected chi connectivity index (χ3v) is 5.53. The van der Waals surface area contributed by atoms with E-state index in [1.807, 2.05) is 6.07 Å². The Morgan fingerprint density at radius 2 is 1.92 bits per heavy atom. The molecule has 134 valence electrons. The lowest BCUT2D eigenvalue weighted by molar-refractivity contribution is -0.138. The zero-order chi connectivity index (χ0) is 17.9. The quantitative estimate of drug-likeness (QED) is 0.801. The van der Waals surface area contributed by atoms with Crippen LogP contribution in [0, 0.1) is 11.3 Å². The van der Waals surface area contributed by atoms with E-state index in [0.29, 0.717) is 11.8 Å². The number of carboxylic acid groups (broad SMARTS) is 1. The third-order valence-electron chi connectivity index (χ3n) is 4.69. The van der Waals surface area contributed by atoms with Crippen molar-refractivity contribution in [1.29, 1.82) is 0 Å². The molecule has 0 radical (unpaired) electrons. The van der Waals surface area contributed by atoms with Crippen molar-refractivity contribution in [3.05, 3.63) is 35.9 Å². The van der Waals surface area contributed by atoms with Crippen LogP contribution in [0.1, 0.15) is 32.3 Å². The molecule has 1 fully saturated rings. The van der Waals surface area contributed by atoms with Gasteiger partial charge in [0.1, 0.15) is 0 Å². The molecule has 0 spiro atoms. The summed E-state index contributed by atoms with van der Waals surface area (Å²) in [7, 11) is -1.19. The van der Waals surface area contributed by atoms with Gasteiger partial charge in [-0.15, -0.1) is 0 Å². The molecule has 3 atom stereocenters. The Morgan fingerprint density at radius 1 is 1.29 bits per heavy atom. The van der Waals surface area contributed by atoms with Crippen LogP contribution in [0.5, 0.6) is 0 Å². The first-order chi connectivity index (χ1) is 11.2. The van der Waals surface area contributed by atoms with Gasteiger partial charge in [0.2, 0.25) is 0 Å². The van der Waals surface area contributed by atoms with Gasteiger partial charge in [0, 0.05) is 24.9 Å². The maximum Gasteiger partial charge on any atom is 0.317 e. The lowest BCUT2D eigenvalue weighted by Gasteiger charge is -2.39. The van der Waals surface area contributed by atoms with Gasteiger partial charge in [0.25, 0.3) is 0 Å². The molecule has 2 rings (SSSR count). The smallest absolute Gasteiger partial charge is 0.317 e. The van der Waals surface area contributed by atoms with Gasteiger partial charge in [0.05, 0.1) is 12.6 Å². The fourth-order valence-electron chi connectivity index (χ4n) is 3.83. The topological polar surface area (TPSA) is 49.8 Å². The van der Waals surface area contributed by atoms with E-state index in [-0.39, 0.29) is 18.1 Å². The van der Waals surface area contributed by atoms with Crippen LogP contribution in [-0.2, 0) is 9.22 Å². The summed E-state index contributed by atoms with van der Waals surface area (Å²) in [5.74, 6) is -0.113. The summed E-state index contributed by atoms with van der Waals surface area (Å²) >= 11 is 0. The summed E-state index contributed by atoms with van der Waals surface area (Å²) in [6, 6.07) is 10.5. The van der Waals surface area contributed by atoms with E-state index in [9.17, 15) is 9.90 Å². The van der Waals surface area contributed by atoms with Crippen LogP contribution in [0.15, 0.2) is 30.3 Å². The zero-order valence-electron chi connectivity index (χ0n) is 15.5. The Labute approximate surface area is 147 Å². The molecule has 1 heterocycles. The Balaban J connectivity index is 2.32. The van der Waals surface area contributed by atoms with E-state index in [2.05, 4.69) is 63.0 Å². The fourth-order valence-corrected chi connectivity index (χ4v) is 5.03. The van der Waals surface area contributed by atoms with Crippen molar-refractivity contribution in [3.8, 4) is 0 Å². The highest BCUT2D eigenvalue weighted by atomic mass is 28.3. The molecule has 0 aromatic heterocycles. The zero-order valence-corrected chi connectivity index (χ0v) is 16.7. The highest BCUT2D eigenvalue weighted by molar-refractivity contribution is 6.48. The Morgan fingerprint density at radius 3 is 2.42 bits per heavy atom. The number of benzene rings is 1. The summed E-state index contributed by atoms with van der Waals surface area (Å²) in [4.78, 5) is 13.2. The Bertz CT molecular complexity index is 541. The maximum absolute atomic E-state index is 11.2. The van der Waals surface area contributed by atoms with Crippen molar-refractivity contribution in [1.82, 2.24) is 4.90 Å². The highest BCUT2D eigenvalue weighted by Gasteiger charge is 2.44. The monoisotopic (exact) mass is 349 g/mol. The molecular formula is C19H31NO3Si. The minimum Gasteiger partial charge on any atom is -0.480 e. The Hall–Kier alpha value is -1.17. The minimum absolute atomic E-state index is 0.0359. The number of aliphatic carboxylic acids is 1. The van der Waals surface area contributed by atoms with Crippen molar-refractivity contribution >= 4 is 15.0 Å². The van der Waals surface area contributed by atoms with Gasteiger partial charge in [-0.2, -0.15) is 0 Å². The first kappa shape index (κ1) is 19.2. The van der Waals surface area contributed by atoms with Gasteiger partial charge < -0.3 is 9.53 Å². The van der Waals surface area contributed by atoms with Gasteiger partial charge in [-0.3, -0.25) is 9.69 Å². The third kappa shape index (κ3) is 4.91.